The van der Waals surface area contributed by atoms with Crippen LogP contribution in [0.1, 0.15) is 0 Å². The van der Waals surface area contributed by atoms with Crippen LogP contribution in [0.3, 0.4) is 0 Å². The summed E-state index contributed by atoms with van der Waals surface area (Å²) in [6.45, 7) is 2.75. The summed E-state index contributed by atoms with van der Waals surface area (Å²) in [6.07, 6.45) is 2.67. The summed E-state index contributed by atoms with van der Waals surface area (Å²) in [5.74, 6) is 0.380. The summed E-state index contributed by atoms with van der Waals surface area (Å²) in [4.78, 5) is 14.1. The molecular weight excluding hydrogens is 261 g/mol. The van der Waals surface area contributed by atoms with E-state index in [1.54, 1.807) is 12.1 Å². The summed E-state index contributed by atoms with van der Waals surface area (Å²) in [6, 6.07) is 3.31. The molecule has 0 aliphatic carbocycles. The predicted molar refractivity (Wildman–Crippen MR) is 72.7 cm³/mol. The van der Waals surface area contributed by atoms with Crippen LogP contribution < -0.4 is 10.6 Å². The minimum absolute atomic E-state index is 0.125. The molecule has 20 heavy (non-hydrogen) atoms. The topological polar surface area (TPSA) is 77.2 Å². The normalized spacial score (nSPS) is 15.3. The molecule has 2 N–H and O–H groups in total. The van der Waals surface area contributed by atoms with Gasteiger partial charge in [-0.05, 0) is 6.07 Å². The van der Waals surface area contributed by atoms with Crippen LogP contribution in [-0.4, -0.2) is 41.3 Å². The SMILES string of the molecule is Nc1nc(-c2ccncc2F)cc(N2CCOCC2)n1. The van der Waals surface area contributed by atoms with Gasteiger partial charge in [-0.2, -0.15) is 4.98 Å². The van der Waals surface area contributed by atoms with Crippen molar-refractivity contribution in [2.75, 3.05) is 36.9 Å². The molecule has 104 valence electrons. The number of hydrogen-bond acceptors (Lipinski definition) is 6. The lowest BCUT2D eigenvalue weighted by atomic mass is 10.2. The standard InChI is InChI=1S/C13H14FN5O/c14-10-8-16-2-1-9(10)11-7-12(18-13(15)17-11)19-3-5-20-6-4-19/h1-2,7-8H,3-6H2,(H2,15,17,18). The molecule has 0 atom stereocenters. The van der Waals surface area contributed by atoms with Gasteiger partial charge in [0.1, 0.15) is 5.82 Å². The fourth-order valence-corrected chi connectivity index (χ4v) is 2.13. The second-order valence-electron chi connectivity index (χ2n) is 4.42. The maximum Gasteiger partial charge on any atom is 0.222 e. The van der Waals surface area contributed by atoms with Crippen LogP contribution in [0.4, 0.5) is 16.2 Å². The van der Waals surface area contributed by atoms with E-state index in [0.29, 0.717) is 30.3 Å². The van der Waals surface area contributed by atoms with Gasteiger partial charge in [0.2, 0.25) is 5.95 Å². The molecule has 1 fully saturated rings. The van der Waals surface area contributed by atoms with Gasteiger partial charge in [-0.25, -0.2) is 9.37 Å². The Bertz CT molecular complexity index is 615. The highest BCUT2D eigenvalue weighted by Crippen LogP contribution is 2.24. The second-order valence-corrected chi connectivity index (χ2v) is 4.42. The fraction of sp³-hybridized carbons (Fsp3) is 0.308. The number of rotatable bonds is 2. The first-order valence-corrected chi connectivity index (χ1v) is 6.31. The van der Waals surface area contributed by atoms with Crippen molar-refractivity contribution in [2.45, 2.75) is 0 Å². The Balaban J connectivity index is 2.00. The first-order chi connectivity index (χ1) is 9.74. The van der Waals surface area contributed by atoms with E-state index in [4.69, 9.17) is 10.5 Å². The third kappa shape index (κ3) is 2.53. The largest absolute Gasteiger partial charge is 0.378 e. The van der Waals surface area contributed by atoms with E-state index in [2.05, 4.69) is 15.0 Å². The van der Waals surface area contributed by atoms with Crippen LogP contribution >= 0.6 is 0 Å². The number of halogens is 1. The lowest BCUT2D eigenvalue weighted by molar-refractivity contribution is 0.122. The number of nitrogens with zero attached hydrogens (tertiary/aromatic N) is 4. The molecular formula is C13H14FN5O. The molecule has 0 spiro atoms. The summed E-state index contributed by atoms with van der Waals surface area (Å²) < 4.78 is 19.1. The molecule has 3 heterocycles. The van der Waals surface area contributed by atoms with Crippen LogP contribution in [0.2, 0.25) is 0 Å². The maximum atomic E-state index is 13.8. The van der Waals surface area contributed by atoms with Crippen LogP contribution in [0.25, 0.3) is 11.3 Å². The van der Waals surface area contributed by atoms with Crippen molar-refractivity contribution < 1.29 is 9.13 Å². The Morgan fingerprint density at radius 1 is 1.25 bits per heavy atom. The third-order valence-corrected chi connectivity index (χ3v) is 3.11. The summed E-state index contributed by atoms with van der Waals surface area (Å²) >= 11 is 0. The highest BCUT2D eigenvalue weighted by Gasteiger charge is 2.16. The van der Waals surface area contributed by atoms with Gasteiger partial charge < -0.3 is 15.4 Å². The highest BCUT2D eigenvalue weighted by molar-refractivity contribution is 5.64. The van der Waals surface area contributed by atoms with Crippen molar-refractivity contribution in [2.24, 2.45) is 0 Å². The smallest absolute Gasteiger partial charge is 0.222 e. The summed E-state index contributed by atoms with van der Waals surface area (Å²) in [5.41, 5.74) is 6.56. The van der Waals surface area contributed by atoms with Gasteiger partial charge in [-0.1, -0.05) is 0 Å². The Morgan fingerprint density at radius 2 is 2.05 bits per heavy atom. The molecule has 0 aromatic carbocycles. The number of aromatic nitrogens is 3. The predicted octanol–water partition coefficient (Wildman–Crippen LogP) is 1.10. The lowest BCUT2D eigenvalue weighted by Gasteiger charge is -2.28. The van der Waals surface area contributed by atoms with Crippen LogP contribution in [0.5, 0.6) is 0 Å². The lowest BCUT2D eigenvalue weighted by Crippen LogP contribution is -2.36. The second kappa shape index (κ2) is 5.38. The average molecular weight is 275 g/mol. The van der Waals surface area contributed by atoms with Crippen LogP contribution in [0.15, 0.2) is 24.5 Å². The number of ether oxygens (including phenoxy) is 1. The number of morpholine rings is 1. The van der Waals surface area contributed by atoms with Gasteiger partial charge in [0.25, 0.3) is 0 Å². The Hall–Kier alpha value is -2.28. The van der Waals surface area contributed by atoms with E-state index in [1.165, 1.54) is 6.20 Å². The molecule has 2 aromatic rings. The van der Waals surface area contributed by atoms with Gasteiger partial charge in [0.05, 0.1) is 25.1 Å². The highest BCUT2D eigenvalue weighted by atomic mass is 19.1. The molecule has 0 saturated carbocycles. The first-order valence-electron chi connectivity index (χ1n) is 6.31. The van der Waals surface area contributed by atoms with Gasteiger partial charge in [-0.15, -0.1) is 0 Å². The average Bonchev–Trinajstić information content (AvgIpc) is 2.48. The molecule has 0 unspecified atom stereocenters. The summed E-state index contributed by atoms with van der Waals surface area (Å²) in [7, 11) is 0. The van der Waals surface area contributed by atoms with Gasteiger partial charge >= 0.3 is 0 Å². The fourth-order valence-electron chi connectivity index (χ4n) is 2.13. The minimum atomic E-state index is -0.432. The summed E-state index contributed by atoms with van der Waals surface area (Å²) in [5, 5.41) is 0. The molecule has 0 bridgehead atoms. The van der Waals surface area contributed by atoms with Gasteiger partial charge in [-0.3, -0.25) is 4.98 Å². The van der Waals surface area contributed by atoms with E-state index in [9.17, 15) is 4.39 Å². The molecule has 3 rings (SSSR count). The molecule has 0 amide bonds. The van der Waals surface area contributed by atoms with Gasteiger partial charge in [0.15, 0.2) is 5.82 Å². The number of pyridine rings is 1. The van der Waals surface area contributed by atoms with E-state index >= 15 is 0 Å². The zero-order valence-corrected chi connectivity index (χ0v) is 10.8. The molecule has 1 aliphatic rings. The Morgan fingerprint density at radius 3 is 2.80 bits per heavy atom. The van der Waals surface area contributed by atoms with Gasteiger partial charge in [0, 0.05) is 30.9 Å². The number of hydrogen-bond donors (Lipinski definition) is 1. The van der Waals surface area contributed by atoms with Crippen molar-refractivity contribution in [1.29, 1.82) is 0 Å². The van der Waals surface area contributed by atoms with E-state index in [1.807, 2.05) is 4.90 Å². The van der Waals surface area contributed by atoms with Crippen LogP contribution in [0, 0.1) is 5.82 Å². The zero-order chi connectivity index (χ0) is 13.9. The monoisotopic (exact) mass is 275 g/mol. The van der Waals surface area contributed by atoms with E-state index in [0.717, 1.165) is 19.3 Å². The quantitative estimate of drug-likeness (QED) is 0.884. The minimum Gasteiger partial charge on any atom is -0.378 e. The van der Waals surface area contributed by atoms with Crippen LogP contribution in [-0.2, 0) is 4.74 Å². The third-order valence-electron chi connectivity index (χ3n) is 3.11. The maximum absolute atomic E-state index is 13.8. The number of nitrogen functional groups attached to an aromatic ring is 1. The number of nitrogens with two attached hydrogens (primary N) is 1. The Kier molecular flexibility index (Phi) is 3.42. The molecule has 1 aliphatic heterocycles. The van der Waals surface area contributed by atoms with Crippen molar-refractivity contribution in [3.05, 3.63) is 30.3 Å². The van der Waals surface area contributed by atoms with Crippen molar-refractivity contribution in [3.8, 4) is 11.3 Å². The molecule has 2 aromatic heterocycles. The Labute approximate surface area is 115 Å². The van der Waals surface area contributed by atoms with Crippen molar-refractivity contribution in [1.82, 2.24) is 15.0 Å². The van der Waals surface area contributed by atoms with Crippen molar-refractivity contribution >= 4 is 11.8 Å². The first kappa shape index (κ1) is 12.7. The van der Waals surface area contributed by atoms with E-state index < -0.39 is 5.82 Å². The van der Waals surface area contributed by atoms with Crippen molar-refractivity contribution in [3.63, 3.8) is 0 Å². The molecule has 6 nitrogen and oxygen atoms in total. The molecule has 7 heteroatoms. The zero-order valence-electron chi connectivity index (χ0n) is 10.8. The number of anilines is 2. The van der Waals surface area contributed by atoms with E-state index in [-0.39, 0.29) is 5.95 Å². The molecule has 1 saturated heterocycles. The molecule has 0 radical (unpaired) electrons.